The number of fused-ring (bicyclic) bond motifs is 1. The van der Waals surface area contributed by atoms with Crippen molar-refractivity contribution in [2.75, 3.05) is 20.1 Å². The number of hydrogen-bond acceptors (Lipinski definition) is 4. The van der Waals surface area contributed by atoms with E-state index in [-0.39, 0.29) is 0 Å². The second-order valence-corrected chi connectivity index (χ2v) is 5.85. The molecule has 0 aliphatic carbocycles. The van der Waals surface area contributed by atoms with Gasteiger partial charge in [-0.25, -0.2) is 4.98 Å². The zero-order valence-corrected chi connectivity index (χ0v) is 10.7. The summed E-state index contributed by atoms with van der Waals surface area (Å²) in [6.07, 6.45) is 1.56. The first-order valence-electron chi connectivity index (χ1n) is 5.94. The van der Waals surface area contributed by atoms with Gasteiger partial charge in [0.05, 0.1) is 10.2 Å². The molecule has 0 bridgehead atoms. The molecule has 1 aromatic carbocycles. The van der Waals surface area contributed by atoms with Crippen molar-refractivity contribution >= 4 is 21.6 Å². The third-order valence-electron chi connectivity index (χ3n) is 3.51. The van der Waals surface area contributed by atoms with E-state index in [9.17, 15) is 5.11 Å². The van der Waals surface area contributed by atoms with Crippen molar-refractivity contribution in [2.45, 2.75) is 18.4 Å². The molecule has 3 nitrogen and oxygen atoms in total. The summed E-state index contributed by atoms with van der Waals surface area (Å²) in [5.74, 6) is 0. The van der Waals surface area contributed by atoms with E-state index in [4.69, 9.17) is 0 Å². The minimum absolute atomic E-state index is 0.712. The van der Waals surface area contributed by atoms with Gasteiger partial charge in [0.1, 0.15) is 10.6 Å². The van der Waals surface area contributed by atoms with E-state index in [1.807, 2.05) is 18.2 Å². The van der Waals surface area contributed by atoms with Crippen LogP contribution in [0.3, 0.4) is 0 Å². The van der Waals surface area contributed by atoms with Gasteiger partial charge in [0.25, 0.3) is 0 Å². The molecule has 0 atom stereocenters. The van der Waals surface area contributed by atoms with Crippen LogP contribution in [-0.2, 0) is 5.60 Å². The van der Waals surface area contributed by atoms with Crippen LogP contribution in [0.1, 0.15) is 17.8 Å². The normalized spacial score (nSPS) is 20.8. The summed E-state index contributed by atoms with van der Waals surface area (Å²) in [7, 11) is 2.10. The molecule has 17 heavy (non-hydrogen) atoms. The molecule has 2 heterocycles. The van der Waals surface area contributed by atoms with Crippen LogP contribution < -0.4 is 0 Å². The van der Waals surface area contributed by atoms with Crippen LogP contribution in [0.25, 0.3) is 10.2 Å². The van der Waals surface area contributed by atoms with Gasteiger partial charge in [-0.1, -0.05) is 12.1 Å². The maximum absolute atomic E-state index is 10.7. The standard InChI is InChI=1S/C13H16N2OS/c1-15-8-6-13(16,7-9-15)12-14-10-4-2-3-5-11(10)17-12/h2-5,16H,6-9H2,1H3. The lowest BCUT2D eigenvalue weighted by Gasteiger charge is -2.34. The minimum atomic E-state index is -0.712. The predicted octanol–water partition coefficient (Wildman–Crippen LogP) is 2.21. The second kappa shape index (κ2) is 4.05. The largest absolute Gasteiger partial charge is 0.383 e. The highest BCUT2D eigenvalue weighted by Crippen LogP contribution is 2.36. The molecule has 0 saturated carbocycles. The molecule has 0 radical (unpaired) electrons. The Balaban J connectivity index is 1.97. The highest BCUT2D eigenvalue weighted by molar-refractivity contribution is 7.18. The molecule has 90 valence electrons. The Morgan fingerprint density at radius 1 is 1.29 bits per heavy atom. The monoisotopic (exact) mass is 248 g/mol. The summed E-state index contributed by atoms with van der Waals surface area (Å²) in [5, 5.41) is 11.6. The first-order valence-corrected chi connectivity index (χ1v) is 6.76. The molecule has 1 aliphatic heterocycles. The van der Waals surface area contributed by atoms with E-state index in [1.165, 1.54) is 0 Å². The van der Waals surface area contributed by atoms with Crippen molar-refractivity contribution in [2.24, 2.45) is 0 Å². The molecule has 0 amide bonds. The number of nitrogens with zero attached hydrogens (tertiary/aromatic N) is 2. The van der Waals surface area contributed by atoms with Crippen molar-refractivity contribution in [3.8, 4) is 0 Å². The average molecular weight is 248 g/mol. The number of thiazole rings is 1. The van der Waals surface area contributed by atoms with Crippen LogP contribution >= 0.6 is 11.3 Å². The maximum Gasteiger partial charge on any atom is 0.126 e. The van der Waals surface area contributed by atoms with Gasteiger partial charge in [0, 0.05) is 13.1 Å². The summed E-state index contributed by atoms with van der Waals surface area (Å²) >= 11 is 1.62. The Labute approximate surface area is 105 Å². The summed E-state index contributed by atoms with van der Waals surface area (Å²) in [4.78, 5) is 6.83. The number of hydrogen-bond donors (Lipinski definition) is 1. The number of para-hydroxylation sites is 1. The van der Waals surface area contributed by atoms with Gasteiger partial charge in [-0.05, 0) is 32.0 Å². The van der Waals surface area contributed by atoms with Crippen molar-refractivity contribution < 1.29 is 5.11 Å². The Kier molecular flexibility index (Phi) is 2.65. The van der Waals surface area contributed by atoms with Gasteiger partial charge in [0.15, 0.2) is 0 Å². The van der Waals surface area contributed by atoms with Gasteiger partial charge < -0.3 is 10.0 Å². The Morgan fingerprint density at radius 2 is 2.00 bits per heavy atom. The Morgan fingerprint density at radius 3 is 2.71 bits per heavy atom. The van der Waals surface area contributed by atoms with Gasteiger partial charge in [-0.3, -0.25) is 0 Å². The summed E-state index contributed by atoms with van der Waals surface area (Å²) < 4.78 is 1.16. The quantitative estimate of drug-likeness (QED) is 0.840. The number of aromatic nitrogens is 1. The number of aliphatic hydroxyl groups is 1. The van der Waals surface area contributed by atoms with Crippen LogP contribution in [-0.4, -0.2) is 35.1 Å². The fourth-order valence-electron chi connectivity index (χ4n) is 2.27. The number of likely N-dealkylation sites (tertiary alicyclic amines) is 1. The van der Waals surface area contributed by atoms with E-state index in [2.05, 4.69) is 23.0 Å². The first kappa shape index (κ1) is 11.1. The number of piperidine rings is 1. The smallest absolute Gasteiger partial charge is 0.126 e. The molecule has 1 aliphatic rings. The molecule has 1 saturated heterocycles. The van der Waals surface area contributed by atoms with Crippen LogP contribution in [0, 0.1) is 0 Å². The first-order chi connectivity index (χ1) is 8.17. The lowest BCUT2D eigenvalue weighted by atomic mass is 9.92. The fraction of sp³-hybridized carbons (Fsp3) is 0.462. The van der Waals surface area contributed by atoms with Gasteiger partial charge >= 0.3 is 0 Å². The summed E-state index contributed by atoms with van der Waals surface area (Å²) in [6, 6.07) is 8.08. The zero-order chi connectivity index (χ0) is 11.9. The molecule has 0 spiro atoms. The molecule has 2 aromatic rings. The van der Waals surface area contributed by atoms with Crippen molar-refractivity contribution in [1.29, 1.82) is 0 Å². The Bertz CT molecular complexity index is 496. The van der Waals surface area contributed by atoms with Gasteiger partial charge in [-0.15, -0.1) is 11.3 Å². The van der Waals surface area contributed by atoms with Crippen molar-refractivity contribution in [3.63, 3.8) is 0 Å². The fourth-order valence-corrected chi connectivity index (χ4v) is 3.38. The van der Waals surface area contributed by atoms with Crippen molar-refractivity contribution in [3.05, 3.63) is 29.3 Å². The van der Waals surface area contributed by atoms with Crippen LogP contribution in [0.5, 0.6) is 0 Å². The zero-order valence-electron chi connectivity index (χ0n) is 9.89. The third-order valence-corrected chi connectivity index (χ3v) is 4.74. The highest BCUT2D eigenvalue weighted by atomic mass is 32.1. The van der Waals surface area contributed by atoms with E-state index in [0.717, 1.165) is 41.2 Å². The summed E-state index contributed by atoms with van der Waals surface area (Å²) in [5.41, 5.74) is 0.288. The molecule has 4 heteroatoms. The van der Waals surface area contributed by atoms with Crippen LogP contribution in [0.15, 0.2) is 24.3 Å². The lowest BCUT2D eigenvalue weighted by Crippen LogP contribution is -2.40. The van der Waals surface area contributed by atoms with Gasteiger partial charge in [-0.2, -0.15) is 0 Å². The molecule has 3 rings (SSSR count). The maximum atomic E-state index is 10.7. The topological polar surface area (TPSA) is 36.4 Å². The minimum Gasteiger partial charge on any atom is -0.383 e. The number of benzene rings is 1. The molecular weight excluding hydrogens is 232 g/mol. The highest BCUT2D eigenvalue weighted by Gasteiger charge is 2.35. The van der Waals surface area contributed by atoms with E-state index in [1.54, 1.807) is 11.3 Å². The Hall–Kier alpha value is -0.970. The SMILES string of the molecule is CN1CCC(O)(c2nc3ccccc3s2)CC1. The molecular formula is C13H16N2OS. The van der Waals surface area contributed by atoms with E-state index in [0.29, 0.717) is 0 Å². The van der Waals surface area contributed by atoms with Crippen molar-refractivity contribution in [1.82, 2.24) is 9.88 Å². The number of rotatable bonds is 1. The average Bonchev–Trinajstić information content (AvgIpc) is 2.77. The lowest BCUT2D eigenvalue weighted by molar-refractivity contribution is -0.0202. The third kappa shape index (κ3) is 1.97. The molecule has 1 fully saturated rings. The predicted molar refractivity (Wildman–Crippen MR) is 70.2 cm³/mol. The van der Waals surface area contributed by atoms with E-state index < -0.39 is 5.60 Å². The second-order valence-electron chi connectivity index (χ2n) is 4.82. The van der Waals surface area contributed by atoms with Gasteiger partial charge in [0.2, 0.25) is 0 Å². The van der Waals surface area contributed by atoms with Crippen LogP contribution in [0.4, 0.5) is 0 Å². The van der Waals surface area contributed by atoms with Crippen LogP contribution in [0.2, 0.25) is 0 Å². The molecule has 1 N–H and O–H groups in total. The van der Waals surface area contributed by atoms with E-state index >= 15 is 0 Å². The molecule has 1 aromatic heterocycles. The summed E-state index contributed by atoms with van der Waals surface area (Å²) in [6.45, 7) is 1.87. The molecule has 0 unspecified atom stereocenters.